The Morgan fingerprint density at radius 2 is 2.07 bits per heavy atom. The van der Waals surface area contributed by atoms with Gasteiger partial charge in [-0.1, -0.05) is 0 Å². The molecule has 3 N–H and O–H groups in total. The first-order chi connectivity index (χ1) is 7.04. The van der Waals surface area contributed by atoms with Gasteiger partial charge in [0.2, 0.25) is 0 Å². The van der Waals surface area contributed by atoms with Crippen molar-refractivity contribution in [2.24, 2.45) is 5.73 Å². The quantitative estimate of drug-likeness (QED) is 0.558. The molecule has 0 atom stereocenters. The van der Waals surface area contributed by atoms with Crippen molar-refractivity contribution < 1.29 is 14.3 Å². The molecule has 0 unspecified atom stereocenters. The molecule has 0 aliphatic carbocycles. The summed E-state index contributed by atoms with van der Waals surface area (Å²) in [5.74, 6) is -0.108. The van der Waals surface area contributed by atoms with Crippen LogP contribution in [0.15, 0.2) is 0 Å². The smallest absolute Gasteiger partial charge is 0.251 e. The Hall–Kier alpha value is -0.650. The average Bonchev–Trinajstić information content (AvgIpc) is 2.22. The average molecular weight is 218 g/mol. The van der Waals surface area contributed by atoms with E-state index in [-0.39, 0.29) is 5.91 Å². The monoisotopic (exact) mass is 218 g/mol. The van der Waals surface area contributed by atoms with E-state index in [4.69, 9.17) is 15.2 Å². The van der Waals surface area contributed by atoms with Gasteiger partial charge in [-0.3, -0.25) is 4.79 Å². The normalized spacial score (nSPS) is 11.5. The first kappa shape index (κ1) is 14.3. The molecule has 0 aromatic rings. The Balaban J connectivity index is 3.47. The first-order valence-corrected chi connectivity index (χ1v) is 5.16. The third kappa shape index (κ3) is 6.43. The van der Waals surface area contributed by atoms with E-state index in [0.29, 0.717) is 26.3 Å². The molecule has 0 saturated heterocycles. The molecular weight excluding hydrogens is 196 g/mol. The second-order valence-corrected chi connectivity index (χ2v) is 3.72. The largest absolute Gasteiger partial charge is 0.380 e. The predicted octanol–water partition coefficient (Wildman–Crippen LogP) is -0.107. The number of carbonyl (C=O) groups excluding carboxylic acids is 1. The second-order valence-electron chi connectivity index (χ2n) is 3.72. The van der Waals surface area contributed by atoms with E-state index in [9.17, 15) is 4.79 Å². The number of amides is 1. The Morgan fingerprint density at radius 1 is 1.40 bits per heavy atom. The van der Waals surface area contributed by atoms with Gasteiger partial charge in [0, 0.05) is 26.8 Å². The summed E-state index contributed by atoms with van der Waals surface area (Å²) < 4.78 is 10.2. The molecule has 0 saturated carbocycles. The molecule has 0 spiro atoms. The molecule has 5 heteroatoms. The molecule has 90 valence electrons. The highest BCUT2D eigenvalue weighted by molar-refractivity contribution is 5.84. The van der Waals surface area contributed by atoms with Crippen LogP contribution in [0.1, 0.15) is 20.3 Å². The van der Waals surface area contributed by atoms with Gasteiger partial charge >= 0.3 is 0 Å². The number of hydrogen-bond acceptors (Lipinski definition) is 4. The highest BCUT2D eigenvalue weighted by Crippen LogP contribution is 2.06. The van der Waals surface area contributed by atoms with E-state index < -0.39 is 5.60 Å². The van der Waals surface area contributed by atoms with E-state index in [1.165, 1.54) is 7.11 Å². The number of carbonyl (C=O) groups is 1. The summed E-state index contributed by atoms with van der Waals surface area (Å²) in [5, 5.41) is 2.78. The molecule has 0 aromatic carbocycles. The number of hydrogen-bond donors (Lipinski definition) is 2. The maximum absolute atomic E-state index is 11.5. The highest BCUT2D eigenvalue weighted by Gasteiger charge is 2.25. The van der Waals surface area contributed by atoms with Gasteiger partial charge in [-0.25, -0.2) is 0 Å². The lowest BCUT2D eigenvalue weighted by molar-refractivity contribution is -0.139. The molecule has 0 aliphatic rings. The third-order valence-corrected chi connectivity index (χ3v) is 2.07. The highest BCUT2D eigenvalue weighted by atomic mass is 16.5. The van der Waals surface area contributed by atoms with Crippen LogP contribution in [0.3, 0.4) is 0 Å². The van der Waals surface area contributed by atoms with Crippen molar-refractivity contribution in [2.75, 3.05) is 33.4 Å². The maximum atomic E-state index is 11.5. The van der Waals surface area contributed by atoms with Crippen LogP contribution in [0, 0.1) is 0 Å². The molecule has 0 bridgehead atoms. The predicted molar refractivity (Wildman–Crippen MR) is 58.6 cm³/mol. The van der Waals surface area contributed by atoms with Crippen molar-refractivity contribution in [1.82, 2.24) is 5.32 Å². The van der Waals surface area contributed by atoms with Gasteiger partial charge in [0.25, 0.3) is 5.91 Å². The zero-order chi connectivity index (χ0) is 11.7. The number of nitrogens with one attached hydrogen (secondary N) is 1. The number of nitrogens with two attached hydrogens (primary N) is 1. The molecule has 0 aliphatic heterocycles. The summed E-state index contributed by atoms with van der Waals surface area (Å²) in [4.78, 5) is 11.5. The molecule has 1 amide bonds. The van der Waals surface area contributed by atoms with Crippen LogP contribution < -0.4 is 11.1 Å². The Bertz CT molecular complexity index is 184. The van der Waals surface area contributed by atoms with Crippen molar-refractivity contribution in [3.05, 3.63) is 0 Å². The molecule has 0 heterocycles. The minimum absolute atomic E-state index is 0.108. The van der Waals surface area contributed by atoms with Gasteiger partial charge in [0.1, 0.15) is 5.60 Å². The number of rotatable bonds is 8. The molecule has 5 nitrogen and oxygen atoms in total. The summed E-state index contributed by atoms with van der Waals surface area (Å²) >= 11 is 0. The SMILES string of the molecule is COC(C)(C)C(=O)NCCCOCCN. The van der Waals surface area contributed by atoms with Gasteiger partial charge in [0.05, 0.1) is 6.61 Å². The number of ether oxygens (including phenoxy) is 2. The fraction of sp³-hybridized carbons (Fsp3) is 0.900. The summed E-state index contributed by atoms with van der Waals surface area (Å²) in [6.07, 6.45) is 0.783. The zero-order valence-corrected chi connectivity index (χ0v) is 9.84. The van der Waals surface area contributed by atoms with E-state index >= 15 is 0 Å². The van der Waals surface area contributed by atoms with Crippen LogP contribution in [0.4, 0.5) is 0 Å². The van der Waals surface area contributed by atoms with E-state index in [0.717, 1.165) is 6.42 Å². The lowest BCUT2D eigenvalue weighted by Crippen LogP contribution is -2.44. The standard InChI is InChI=1S/C10H22N2O3/c1-10(2,14-3)9(13)12-6-4-7-15-8-5-11/h4-8,11H2,1-3H3,(H,12,13). The van der Waals surface area contributed by atoms with Crippen LogP contribution in [0.25, 0.3) is 0 Å². The van der Waals surface area contributed by atoms with Crippen molar-refractivity contribution in [1.29, 1.82) is 0 Å². The minimum atomic E-state index is -0.766. The maximum Gasteiger partial charge on any atom is 0.251 e. The number of methoxy groups -OCH3 is 1. The summed E-state index contributed by atoms with van der Waals surface area (Å²) in [5.41, 5.74) is 4.49. The summed E-state index contributed by atoms with van der Waals surface area (Å²) in [6, 6.07) is 0. The Morgan fingerprint density at radius 3 is 2.60 bits per heavy atom. The zero-order valence-electron chi connectivity index (χ0n) is 9.84. The molecule has 0 fully saturated rings. The van der Waals surface area contributed by atoms with E-state index in [2.05, 4.69) is 5.32 Å². The van der Waals surface area contributed by atoms with Crippen LogP contribution in [-0.4, -0.2) is 44.9 Å². The summed E-state index contributed by atoms with van der Waals surface area (Å²) in [6.45, 7) is 5.77. The molecule has 15 heavy (non-hydrogen) atoms. The van der Waals surface area contributed by atoms with Gasteiger partial charge in [0.15, 0.2) is 0 Å². The van der Waals surface area contributed by atoms with Crippen LogP contribution in [0.5, 0.6) is 0 Å². The fourth-order valence-electron chi connectivity index (χ4n) is 0.867. The van der Waals surface area contributed by atoms with Gasteiger partial charge < -0.3 is 20.5 Å². The van der Waals surface area contributed by atoms with E-state index in [1.54, 1.807) is 13.8 Å². The van der Waals surface area contributed by atoms with Gasteiger partial charge in [-0.15, -0.1) is 0 Å². The topological polar surface area (TPSA) is 73.6 Å². The van der Waals surface area contributed by atoms with Crippen molar-refractivity contribution in [3.63, 3.8) is 0 Å². The van der Waals surface area contributed by atoms with Crippen molar-refractivity contribution in [3.8, 4) is 0 Å². The molecule has 0 radical (unpaired) electrons. The molecule has 0 aromatic heterocycles. The minimum Gasteiger partial charge on any atom is -0.380 e. The second kappa shape index (κ2) is 7.62. The molecule has 0 rings (SSSR count). The first-order valence-electron chi connectivity index (χ1n) is 5.16. The van der Waals surface area contributed by atoms with Crippen LogP contribution in [-0.2, 0) is 14.3 Å². The summed E-state index contributed by atoms with van der Waals surface area (Å²) in [7, 11) is 1.52. The Kier molecular flexibility index (Phi) is 7.29. The molecular formula is C10H22N2O3. The van der Waals surface area contributed by atoms with Crippen molar-refractivity contribution >= 4 is 5.91 Å². The fourth-order valence-corrected chi connectivity index (χ4v) is 0.867. The van der Waals surface area contributed by atoms with Gasteiger partial charge in [-0.05, 0) is 20.3 Å². The third-order valence-electron chi connectivity index (χ3n) is 2.07. The van der Waals surface area contributed by atoms with E-state index in [1.807, 2.05) is 0 Å². The van der Waals surface area contributed by atoms with Crippen LogP contribution in [0.2, 0.25) is 0 Å². The van der Waals surface area contributed by atoms with Gasteiger partial charge in [-0.2, -0.15) is 0 Å². The van der Waals surface area contributed by atoms with Crippen molar-refractivity contribution in [2.45, 2.75) is 25.9 Å². The van der Waals surface area contributed by atoms with Crippen LogP contribution >= 0.6 is 0 Å². The Labute approximate surface area is 91.3 Å². The lowest BCUT2D eigenvalue weighted by Gasteiger charge is -2.21. The lowest BCUT2D eigenvalue weighted by atomic mass is 10.1.